The normalized spacial score (nSPS) is 12.2. The number of nitrogens with one attached hydrogen (secondary N) is 1. The van der Waals surface area contributed by atoms with Crippen molar-refractivity contribution in [3.63, 3.8) is 0 Å². The number of carboxylic acids is 1. The highest BCUT2D eigenvalue weighted by Crippen LogP contribution is 2.24. The Kier molecular flexibility index (Phi) is 6.79. The zero-order valence-corrected chi connectivity index (χ0v) is 14.9. The maximum Gasteiger partial charge on any atom is 0.320 e. The summed E-state index contributed by atoms with van der Waals surface area (Å²) >= 11 is 6.04. The highest BCUT2D eigenvalue weighted by Gasteiger charge is 2.21. The zero-order chi connectivity index (χ0) is 18.4. The first-order chi connectivity index (χ1) is 11.9. The van der Waals surface area contributed by atoms with Gasteiger partial charge in [0.05, 0.1) is 0 Å². The number of halogens is 2. The van der Waals surface area contributed by atoms with E-state index in [1.54, 1.807) is 36.4 Å². The van der Waals surface area contributed by atoms with Crippen molar-refractivity contribution in [1.29, 1.82) is 0 Å². The second kappa shape index (κ2) is 8.83. The molecule has 0 saturated carbocycles. The molecular weight excluding hydrogens is 345 g/mol. The van der Waals surface area contributed by atoms with Gasteiger partial charge in [0.15, 0.2) is 0 Å². The van der Waals surface area contributed by atoms with Gasteiger partial charge in [-0.1, -0.05) is 43.6 Å². The molecule has 0 fully saturated rings. The van der Waals surface area contributed by atoms with Crippen LogP contribution in [0, 0.1) is 11.7 Å². The summed E-state index contributed by atoms with van der Waals surface area (Å²) in [6.07, 6.45) is 0. The number of carboxylic acid groups (broad SMARTS) is 1. The summed E-state index contributed by atoms with van der Waals surface area (Å²) in [5.41, 5.74) is 1.16. The summed E-state index contributed by atoms with van der Waals surface area (Å²) in [5, 5.41) is 12.8. The molecule has 134 valence electrons. The van der Waals surface area contributed by atoms with Crippen LogP contribution in [0.15, 0.2) is 42.5 Å². The van der Waals surface area contributed by atoms with E-state index in [1.807, 2.05) is 13.8 Å². The largest absolute Gasteiger partial charge is 0.488 e. The van der Waals surface area contributed by atoms with Crippen molar-refractivity contribution >= 4 is 17.6 Å². The van der Waals surface area contributed by atoms with Gasteiger partial charge in [0.25, 0.3) is 0 Å². The fourth-order valence-electron chi connectivity index (χ4n) is 2.43. The van der Waals surface area contributed by atoms with Crippen molar-refractivity contribution in [2.45, 2.75) is 33.0 Å². The first kappa shape index (κ1) is 19.2. The van der Waals surface area contributed by atoms with E-state index >= 15 is 0 Å². The topological polar surface area (TPSA) is 58.6 Å². The molecule has 0 aliphatic carbocycles. The Bertz CT molecular complexity index is 736. The molecule has 0 saturated heterocycles. The molecule has 0 aliphatic rings. The third-order valence-corrected chi connectivity index (χ3v) is 4.04. The Balaban J connectivity index is 2.11. The molecule has 0 aromatic heterocycles. The number of hydrogen-bond donors (Lipinski definition) is 2. The average molecular weight is 366 g/mol. The lowest BCUT2D eigenvalue weighted by Gasteiger charge is -2.19. The first-order valence-corrected chi connectivity index (χ1v) is 8.37. The summed E-state index contributed by atoms with van der Waals surface area (Å²) in [6.45, 7) is 4.02. The van der Waals surface area contributed by atoms with Crippen molar-refractivity contribution in [1.82, 2.24) is 5.32 Å². The van der Waals surface area contributed by atoms with Gasteiger partial charge in [0.2, 0.25) is 0 Å². The van der Waals surface area contributed by atoms with E-state index in [2.05, 4.69) is 5.32 Å². The smallest absolute Gasteiger partial charge is 0.320 e. The van der Waals surface area contributed by atoms with E-state index in [4.69, 9.17) is 16.3 Å². The van der Waals surface area contributed by atoms with E-state index in [0.717, 1.165) is 5.56 Å². The summed E-state index contributed by atoms with van der Waals surface area (Å²) < 4.78 is 19.4. The number of rotatable bonds is 8. The molecule has 0 spiro atoms. The van der Waals surface area contributed by atoms with E-state index in [1.165, 1.54) is 6.07 Å². The summed E-state index contributed by atoms with van der Waals surface area (Å²) in [5.74, 6) is -0.778. The fraction of sp³-hybridized carbons (Fsp3) is 0.316. The van der Waals surface area contributed by atoms with Gasteiger partial charge in [-0.2, -0.15) is 0 Å². The molecular formula is C19H21ClFNO3. The van der Waals surface area contributed by atoms with Crippen LogP contribution >= 0.6 is 11.6 Å². The number of ether oxygens (including phenoxy) is 1. The van der Waals surface area contributed by atoms with E-state index < -0.39 is 12.0 Å². The van der Waals surface area contributed by atoms with Gasteiger partial charge in [-0.3, -0.25) is 10.1 Å². The quantitative estimate of drug-likeness (QED) is 0.734. The average Bonchev–Trinajstić information content (AvgIpc) is 2.55. The molecule has 1 unspecified atom stereocenters. The van der Waals surface area contributed by atoms with Crippen molar-refractivity contribution in [2.75, 3.05) is 0 Å². The highest BCUT2D eigenvalue weighted by atomic mass is 35.5. The lowest BCUT2D eigenvalue weighted by Crippen LogP contribution is -2.40. The van der Waals surface area contributed by atoms with Crippen molar-refractivity contribution < 1.29 is 19.0 Å². The molecule has 25 heavy (non-hydrogen) atoms. The van der Waals surface area contributed by atoms with Gasteiger partial charge >= 0.3 is 5.97 Å². The Morgan fingerprint density at radius 3 is 2.60 bits per heavy atom. The third-order valence-electron chi connectivity index (χ3n) is 3.81. The van der Waals surface area contributed by atoms with Gasteiger partial charge in [-0.25, -0.2) is 4.39 Å². The van der Waals surface area contributed by atoms with Gasteiger partial charge in [0.1, 0.15) is 24.2 Å². The zero-order valence-electron chi connectivity index (χ0n) is 14.1. The van der Waals surface area contributed by atoms with Gasteiger partial charge in [-0.05, 0) is 30.2 Å². The molecule has 2 N–H and O–H groups in total. The van der Waals surface area contributed by atoms with Crippen LogP contribution in [0.5, 0.6) is 5.75 Å². The summed E-state index contributed by atoms with van der Waals surface area (Å²) in [4.78, 5) is 11.3. The van der Waals surface area contributed by atoms with E-state index in [-0.39, 0.29) is 24.9 Å². The molecule has 0 heterocycles. The minimum Gasteiger partial charge on any atom is -0.488 e. The lowest BCUT2D eigenvalue weighted by molar-refractivity contribution is -0.140. The molecule has 6 heteroatoms. The number of aliphatic carboxylic acids is 1. The van der Waals surface area contributed by atoms with E-state index in [9.17, 15) is 14.3 Å². The lowest BCUT2D eigenvalue weighted by atomic mass is 10.0. The third kappa shape index (κ3) is 5.44. The first-order valence-electron chi connectivity index (χ1n) is 7.99. The molecule has 4 nitrogen and oxygen atoms in total. The maximum absolute atomic E-state index is 13.7. The standard InChI is InChI=1S/C19H21ClFNO3/c1-12(2)18(19(23)24)22-10-14-9-15(20)7-8-17(14)25-11-13-5-3-4-6-16(13)21/h3-9,12,18,22H,10-11H2,1-2H3,(H,23,24). The van der Waals surface area contributed by atoms with Crippen LogP contribution in [-0.2, 0) is 17.9 Å². The molecule has 2 aromatic carbocycles. The number of hydrogen-bond acceptors (Lipinski definition) is 3. The molecule has 2 aromatic rings. The van der Waals surface area contributed by atoms with Crippen LogP contribution in [0.1, 0.15) is 25.0 Å². The Morgan fingerprint density at radius 1 is 1.24 bits per heavy atom. The van der Waals surface area contributed by atoms with Gasteiger partial charge in [-0.15, -0.1) is 0 Å². The highest BCUT2D eigenvalue weighted by molar-refractivity contribution is 6.30. The van der Waals surface area contributed by atoms with Crippen LogP contribution in [0.4, 0.5) is 4.39 Å². The Hall–Kier alpha value is -2.11. The van der Waals surface area contributed by atoms with Crippen LogP contribution in [0.3, 0.4) is 0 Å². The number of benzene rings is 2. The Morgan fingerprint density at radius 2 is 1.96 bits per heavy atom. The minimum absolute atomic E-state index is 0.0699. The van der Waals surface area contributed by atoms with Crippen molar-refractivity contribution in [3.8, 4) is 5.75 Å². The Labute approximate surface area is 151 Å². The second-order valence-corrected chi connectivity index (χ2v) is 6.51. The molecule has 0 aliphatic heterocycles. The maximum atomic E-state index is 13.7. The molecule has 0 amide bonds. The monoisotopic (exact) mass is 365 g/mol. The predicted octanol–water partition coefficient (Wildman–Crippen LogP) is 4.26. The van der Waals surface area contributed by atoms with Crippen LogP contribution in [0.2, 0.25) is 5.02 Å². The van der Waals surface area contributed by atoms with Crippen LogP contribution in [0.25, 0.3) is 0 Å². The van der Waals surface area contributed by atoms with Gasteiger partial charge < -0.3 is 9.84 Å². The van der Waals surface area contributed by atoms with Crippen molar-refractivity contribution in [3.05, 3.63) is 64.4 Å². The summed E-state index contributed by atoms with van der Waals surface area (Å²) in [7, 11) is 0. The molecule has 2 rings (SSSR count). The minimum atomic E-state index is -0.911. The molecule has 0 radical (unpaired) electrons. The van der Waals surface area contributed by atoms with Crippen molar-refractivity contribution in [2.24, 2.45) is 5.92 Å². The van der Waals surface area contributed by atoms with Crippen LogP contribution < -0.4 is 10.1 Å². The fourth-order valence-corrected chi connectivity index (χ4v) is 2.62. The van der Waals surface area contributed by atoms with Crippen LogP contribution in [-0.4, -0.2) is 17.1 Å². The SMILES string of the molecule is CC(C)C(NCc1cc(Cl)ccc1OCc1ccccc1F)C(=O)O. The number of carbonyl (C=O) groups is 1. The summed E-state index contributed by atoms with van der Waals surface area (Å²) in [6, 6.07) is 10.8. The second-order valence-electron chi connectivity index (χ2n) is 6.07. The van der Waals surface area contributed by atoms with Gasteiger partial charge in [0, 0.05) is 22.7 Å². The molecule has 0 bridgehead atoms. The van der Waals surface area contributed by atoms with E-state index in [0.29, 0.717) is 16.3 Å². The molecule has 1 atom stereocenters. The predicted molar refractivity (Wildman–Crippen MR) is 95.3 cm³/mol.